The fraction of sp³-hybridized carbons (Fsp3) is 0.0588. The van der Waals surface area contributed by atoms with Crippen LogP contribution in [0.25, 0.3) is 0 Å². The highest BCUT2D eigenvalue weighted by Gasteiger charge is 1.89. The minimum absolute atomic E-state index is 0.334. The Morgan fingerprint density at radius 3 is 1.65 bits per heavy atom. The molecule has 1 heterocycles. The van der Waals surface area contributed by atoms with Crippen LogP contribution >= 0.6 is 0 Å². The minimum atomic E-state index is -0.467. The maximum absolute atomic E-state index is 10.6. The van der Waals surface area contributed by atoms with Crippen molar-refractivity contribution in [2.75, 3.05) is 0 Å². The highest BCUT2D eigenvalue weighted by molar-refractivity contribution is 5.39. The third-order valence-electron chi connectivity index (χ3n) is 2.80. The lowest BCUT2D eigenvalue weighted by Gasteiger charge is -1.91. The number of benzene rings is 2. The molecule has 1 aromatic heterocycles. The van der Waals surface area contributed by atoms with Gasteiger partial charge in [-0.25, -0.2) is 4.79 Å². The molecule has 2 aromatic carbocycles. The highest BCUT2D eigenvalue weighted by Crippen LogP contribution is 2.16. The second kappa shape index (κ2) is 8.23. The quantitative estimate of drug-likeness (QED) is 0.710. The Kier molecular flexibility index (Phi) is 5.76. The number of aromatic nitrogens is 2. The first-order valence-corrected chi connectivity index (χ1v) is 6.95. The summed E-state index contributed by atoms with van der Waals surface area (Å²) in [6.45, 7) is 1.62. The highest BCUT2D eigenvalue weighted by atomic mass is 16.2. The van der Waals surface area contributed by atoms with Crippen LogP contribution < -0.4 is 11.2 Å². The van der Waals surface area contributed by atoms with Crippen LogP contribution in [-0.2, 0) is 0 Å². The molecule has 0 saturated carbocycles. The number of nitrogens with one attached hydrogen (secondary N) is 2. The molecule has 0 aliphatic heterocycles. The number of aromatic amines is 2. The average molecular weight is 308 g/mol. The Balaban J connectivity index is 0.000000185. The van der Waals surface area contributed by atoms with E-state index in [0.717, 1.165) is 11.4 Å². The molecule has 0 fully saturated rings. The van der Waals surface area contributed by atoms with Gasteiger partial charge in [-0.15, -0.1) is 0 Å². The molecule has 0 aliphatic carbocycles. The number of rotatable bonds is 2. The van der Waals surface area contributed by atoms with Crippen LogP contribution in [0, 0.1) is 6.92 Å². The van der Waals surface area contributed by atoms with E-state index in [2.05, 4.69) is 20.2 Å². The van der Waals surface area contributed by atoms with Gasteiger partial charge < -0.3 is 4.98 Å². The number of hydrogen-bond donors (Lipinski definition) is 2. The zero-order valence-electron chi connectivity index (χ0n) is 12.6. The van der Waals surface area contributed by atoms with Gasteiger partial charge in [0.05, 0.1) is 11.4 Å². The molecule has 3 aromatic rings. The lowest BCUT2D eigenvalue weighted by molar-refractivity contribution is 1.01. The number of aryl methyl sites for hydroxylation is 1. The predicted molar refractivity (Wildman–Crippen MR) is 89.5 cm³/mol. The maximum Gasteiger partial charge on any atom is 0.325 e. The van der Waals surface area contributed by atoms with Crippen molar-refractivity contribution in [3.63, 3.8) is 0 Å². The molecule has 0 saturated heterocycles. The van der Waals surface area contributed by atoms with E-state index in [1.54, 1.807) is 6.92 Å². The molecule has 3 rings (SSSR count). The first-order valence-electron chi connectivity index (χ1n) is 6.95. The van der Waals surface area contributed by atoms with Crippen LogP contribution in [0.2, 0.25) is 0 Å². The predicted octanol–water partition coefficient (Wildman–Crippen LogP) is 3.47. The van der Waals surface area contributed by atoms with Gasteiger partial charge in [-0.2, -0.15) is 10.2 Å². The van der Waals surface area contributed by atoms with E-state index in [-0.39, 0.29) is 5.56 Å². The Morgan fingerprint density at radius 1 is 0.783 bits per heavy atom. The maximum atomic E-state index is 10.6. The van der Waals surface area contributed by atoms with E-state index < -0.39 is 5.69 Å². The first-order chi connectivity index (χ1) is 11.1. The van der Waals surface area contributed by atoms with Gasteiger partial charge >= 0.3 is 5.69 Å². The van der Waals surface area contributed by atoms with Gasteiger partial charge in [-0.1, -0.05) is 36.4 Å². The summed E-state index contributed by atoms with van der Waals surface area (Å²) >= 11 is 0. The number of H-pyrrole nitrogens is 2. The SMILES string of the molecule is Cc1c[nH]c(=O)[nH]c1=O.c1ccc(N=Nc2ccccc2)cc1. The van der Waals surface area contributed by atoms with E-state index in [1.165, 1.54) is 6.20 Å². The minimum Gasteiger partial charge on any atom is -0.314 e. The average Bonchev–Trinajstić information content (AvgIpc) is 2.59. The van der Waals surface area contributed by atoms with E-state index in [4.69, 9.17) is 0 Å². The van der Waals surface area contributed by atoms with Crippen molar-refractivity contribution in [1.82, 2.24) is 9.97 Å². The molecular weight excluding hydrogens is 292 g/mol. The number of hydrogen-bond acceptors (Lipinski definition) is 4. The van der Waals surface area contributed by atoms with E-state index >= 15 is 0 Å². The lowest BCUT2D eigenvalue weighted by atomic mass is 10.3. The molecule has 0 radical (unpaired) electrons. The second-order valence-corrected chi connectivity index (χ2v) is 4.63. The molecule has 116 valence electrons. The van der Waals surface area contributed by atoms with Gasteiger partial charge in [-0.05, 0) is 31.2 Å². The van der Waals surface area contributed by atoms with Crippen molar-refractivity contribution < 1.29 is 0 Å². The van der Waals surface area contributed by atoms with Crippen LogP contribution in [0.1, 0.15) is 5.56 Å². The summed E-state index contributed by atoms with van der Waals surface area (Å²) in [5, 5.41) is 8.20. The van der Waals surface area contributed by atoms with Gasteiger partial charge in [-0.3, -0.25) is 9.78 Å². The molecular formula is C17H16N4O2. The van der Waals surface area contributed by atoms with Gasteiger partial charge in [0.25, 0.3) is 5.56 Å². The van der Waals surface area contributed by atoms with Gasteiger partial charge in [0, 0.05) is 11.8 Å². The van der Waals surface area contributed by atoms with Crippen molar-refractivity contribution >= 4 is 11.4 Å². The van der Waals surface area contributed by atoms with Crippen LogP contribution in [-0.4, -0.2) is 9.97 Å². The van der Waals surface area contributed by atoms with Crippen LogP contribution in [0.5, 0.6) is 0 Å². The Morgan fingerprint density at radius 2 is 1.26 bits per heavy atom. The van der Waals surface area contributed by atoms with Crippen LogP contribution in [0.15, 0.2) is 86.7 Å². The zero-order valence-corrected chi connectivity index (χ0v) is 12.6. The Hall–Kier alpha value is -3.28. The fourth-order valence-corrected chi connectivity index (χ4v) is 1.58. The van der Waals surface area contributed by atoms with Crippen molar-refractivity contribution in [1.29, 1.82) is 0 Å². The molecule has 2 N–H and O–H groups in total. The zero-order chi connectivity index (χ0) is 16.5. The third-order valence-corrected chi connectivity index (χ3v) is 2.80. The summed E-state index contributed by atoms with van der Waals surface area (Å²) in [6.07, 6.45) is 1.38. The molecule has 0 bridgehead atoms. The summed E-state index contributed by atoms with van der Waals surface area (Å²) in [7, 11) is 0. The topological polar surface area (TPSA) is 90.4 Å². The summed E-state index contributed by atoms with van der Waals surface area (Å²) < 4.78 is 0. The van der Waals surface area contributed by atoms with Crippen LogP contribution in [0.4, 0.5) is 11.4 Å². The molecule has 6 heteroatoms. The van der Waals surface area contributed by atoms with E-state index in [0.29, 0.717) is 5.56 Å². The monoisotopic (exact) mass is 308 g/mol. The molecule has 23 heavy (non-hydrogen) atoms. The van der Waals surface area contributed by atoms with Crippen molar-refractivity contribution in [3.05, 3.63) is 93.3 Å². The van der Waals surface area contributed by atoms with Gasteiger partial charge in [0.1, 0.15) is 0 Å². The fourth-order valence-electron chi connectivity index (χ4n) is 1.58. The smallest absolute Gasteiger partial charge is 0.314 e. The number of azo groups is 1. The summed E-state index contributed by atoms with van der Waals surface area (Å²) in [4.78, 5) is 25.3. The first kappa shape index (κ1) is 16.1. The second-order valence-electron chi connectivity index (χ2n) is 4.63. The van der Waals surface area contributed by atoms with Crippen molar-refractivity contribution in [2.24, 2.45) is 10.2 Å². The van der Waals surface area contributed by atoms with Gasteiger partial charge in [0.15, 0.2) is 0 Å². The summed E-state index contributed by atoms with van der Waals surface area (Å²) in [5.41, 5.74) is 1.45. The van der Waals surface area contributed by atoms with Crippen molar-refractivity contribution in [2.45, 2.75) is 6.92 Å². The van der Waals surface area contributed by atoms with Crippen LogP contribution in [0.3, 0.4) is 0 Å². The van der Waals surface area contributed by atoms with Crippen molar-refractivity contribution in [3.8, 4) is 0 Å². The van der Waals surface area contributed by atoms with E-state index in [9.17, 15) is 9.59 Å². The normalized spacial score (nSPS) is 10.1. The van der Waals surface area contributed by atoms with Gasteiger partial charge in [0.2, 0.25) is 0 Å². The largest absolute Gasteiger partial charge is 0.325 e. The third kappa shape index (κ3) is 5.55. The molecule has 0 atom stereocenters. The summed E-state index contributed by atoms with van der Waals surface area (Å²) in [5.74, 6) is 0. The Labute approximate surface area is 132 Å². The summed E-state index contributed by atoms with van der Waals surface area (Å²) in [6, 6.07) is 19.4. The Bertz CT molecular complexity index is 827. The van der Waals surface area contributed by atoms with E-state index in [1.807, 2.05) is 60.7 Å². The molecule has 0 unspecified atom stereocenters. The number of nitrogens with zero attached hydrogens (tertiary/aromatic N) is 2. The molecule has 0 amide bonds. The molecule has 6 nitrogen and oxygen atoms in total. The molecule has 0 spiro atoms. The standard InChI is InChI=1S/C12H10N2.C5H6N2O2/c1-3-7-11(8-4-1)13-14-12-9-5-2-6-10-12;1-3-2-6-5(9)7-4(3)8/h1-10H;2H,1H3,(H2,6,7,8,9). The molecule has 0 aliphatic rings. The lowest BCUT2D eigenvalue weighted by Crippen LogP contribution is -2.22.